The third-order valence-electron chi connectivity index (χ3n) is 3.78. The molecule has 0 bridgehead atoms. The molecule has 0 spiro atoms. The molecule has 1 aromatic carbocycles. The Morgan fingerprint density at radius 1 is 1.06 bits per heavy atom. The first-order valence-corrected chi connectivity index (χ1v) is 5.80. The van der Waals surface area contributed by atoms with E-state index in [1.165, 1.54) is 5.57 Å². The maximum absolute atomic E-state index is 11.8. The van der Waals surface area contributed by atoms with E-state index in [0.717, 1.165) is 24.8 Å². The molecule has 2 nitrogen and oxygen atoms in total. The fourth-order valence-electron chi connectivity index (χ4n) is 2.99. The second-order valence-electron chi connectivity index (χ2n) is 4.69. The van der Waals surface area contributed by atoms with Crippen LogP contribution in [0.2, 0.25) is 0 Å². The number of carbonyl (C=O) groups excluding carboxylic acids is 1. The van der Waals surface area contributed by atoms with E-state index in [9.17, 15) is 9.90 Å². The van der Waals surface area contributed by atoms with E-state index < -0.39 is 0 Å². The van der Waals surface area contributed by atoms with Crippen molar-refractivity contribution >= 4 is 11.4 Å². The molecule has 0 aromatic heterocycles. The van der Waals surface area contributed by atoms with Crippen LogP contribution in [0.15, 0.2) is 30.3 Å². The number of phenols is 1. The molecule has 1 saturated carbocycles. The quantitative estimate of drug-likeness (QED) is 0.780. The number of fused-ring (bicyclic) bond motifs is 1. The lowest BCUT2D eigenvalue weighted by molar-refractivity contribution is -0.117. The number of ketones is 1. The van der Waals surface area contributed by atoms with Gasteiger partial charge >= 0.3 is 0 Å². The maximum atomic E-state index is 11.8. The summed E-state index contributed by atoms with van der Waals surface area (Å²) in [5.74, 6) is 1.24. The number of allylic oxidation sites excluding steroid dienone is 2. The molecule has 16 heavy (non-hydrogen) atoms. The third kappa shape index (κ3) is 1.37. The van der Waals surface area contributed by atoms with E-state index in [1.54, 1.807) is 18.2 Å². The highest BCUT2D eigenvalue weighted by atomic mass is 16.3. The van der Waals surface area contributed by atoms with Crippen molar-refractivity contribution in [2.75, 3.05) is 0 Å². The molecule has 0 aliphatic heterocycles. The van der Waals surface area contributed by atoms with Crippen LogP contribution in [0.1, 0.15) is 24.8 Å². The molecule has 0 heterocycles. The molecule has 2 atom stereocenters. The molecule has 0 saturated heterocycles. The Hall–Kier alpha value is -1.57. The van der Waals surface area contributed by atoms with Crippen molar-refractivity contribution in [2.45, 2.75) is 19.3 Å². The second kappa shape index (κ2) is 3.48. The van der Waals surface area contributed by atoms with Gasteiger partial charge in [-0.05, 0) is 48.1 Å². The van der Waals surface area contributed by atoms with Gasteiger partial charge in [-0.25, -0.2) is 0 Å². The number of hydrogen-bond donors (Lipinski definition) is 1. The van der Waals surface area contributed by atoms with Crippen molar-refractivity contribution in [1.29, 1.82) is 0 Å². The number of rotatable bonds is 1. The maximum Gasteiger partial charge on any atom is 0.159 e. The Bertz CT molecular complexity index is 456. The summed E-state index contributed by atoms with van der Waals surface area (Å²) in [5, 5.41) is 9.25. The molecule has 0 radical (unpaired) electrons. The highest BCUT2D eigenvalue weighted by molar-refractivity contribution is 6.04. The monoisotopic (exact) mass is 214 g/mol. The summed E-state index contributed by atoms with van der Waals surface area (Å²) in [6, 6.07) is 7.16. The summed E-state index contributed by atoms with van der Waals surface area (Å²) in [6.07, 6.45) is 5.14. The van der Waals surface area contributed by atoms with Crippen LogP contribution in [0, 0.1) is 11.8 Å². The second-order valence-corrected chi connectivity index (χ2v) is 4.69. The number of carbonyl (C=O) groups is 1. The fourth-order valence-corrected chi connectivity index (χ4v) is 2.99. The summed E-state index contributed by atoms with van der Waals surface area (Å²) in [7, 11) is 0. The Labute approximate surface area is 94.6 Å². The molecule has 82 valence electrons. The normalized spacial score (nSPS) is 28.0. The molecule has 3 rings (SSSR count). The number of hydrogen-bond acceptors (Lipinski definition) is 2. The average molecular weight is 214 g/mol. The first-order chi connectivity index (χ1) is 7.75. The van der Waals surface area contributed by atoms with Crippen molar-refractivity contribution in [3.63, 3.8) is 0 Å². The number of phenolic OH excluding ortho intramolecular Hbond substituents is 1. The minimum atomic E-state index is 0.240. The summed E-state index contributed by atoms with van der Waals surface area (Å²) in [6.45, 7) is 0. The van der Waals surface area contributed by atoms with Crippen LogP contribution in [0.25, 0.3) is 5.57 Å². The van der Waals surface area contributed by atoms with E-state index in [0.29, 0.717) is 11.7 Å². The lowest BCUT2D eigenvalue weighted by atomic mass is 9.90. The van der Waals surface area contributed by atoms with Crippen LogP contribution < -0.4 is 0 Å². The summed E-state index contributed by atoms with van der Waals surface area (Å²) in [5.41, 5.74) is 2.26. The predicted molar refractivity (Wildman–Crippen MR) is 61.9 cm³/mol. The van der Waals surface area contributed by atoms with Crippen LogP contribution in [-0.2, 0) is 4.79 Å². The summed E-state index contributed by atoms with van der Waals surface area (Å²) in [4.78, 5) is 11.8. The topological polar surface area (TPSA) is 37.3 Å². The largest absolute Gasteiger partial charge is 0.508 e. The number of aromatic hydroxyl groups is 1. The first-order valence-electron chi connectivity index (χ1n) is 5.80. The minimum absolute atomic E-state index is 0.240. The van der Waals surface area contributed by atoms with E-state index in [2.05, 4.69) is 0 Å². The lowest BCUT2D eigenvalue weighted by Gasteiger charge is -2.13. The minimum Gasteiger partial charge on any atom is -0.508 e. The van der Waals surface area contributed by atoms with Crippen LogP contribution in [0.4, 0.5) is 0 Å². The Morgan fingerprint density at radius 3 is 2.50 bits per heavy atom. The van der Waals surface area contributed by atoms with Gasteiger partial charge in [0, 0.05) is 5.92 Å². The van der Waals surface area contributed by atoms with E-state index in [4.69, 9.17) is 0 Å². The third-order valence-corrected chi connectivity index (χ3v) is 3.78. The Balaban J connectivity index is 1.98. The zero-order valence-electron chi connectivity index (χ0n) is 9.02. The molecular formula is C14H14O2. The molecule has 1 aromatic rings. The van der Waals surface area contributed by atoms with Gasteiger partial charge < -0.3 is 5.11 Å². The van der Waals surface area contributed by atoms with Crippen LogP contribution in [0.3, 0.4) is 0 Å². The Kier molecular flexibility index (Phi) is 2.10. The van der Waals surface area contributed by atoms with Gasteiger partial charge in [0.2, 0.25) is 0 Å². The summed E-state index contributed by atoms with van der Waals surface area (Å²) < 4.78 is 0. The Morgan fingerprint density at radius 2 is 1.75 bits per heavy atom. The first kappa shape index (κ1) is 9.64. The van der Waals surface area contributed by atoms with E-state index in [1.807, 2.05) is 12.1 Å². The van der Waals surface area contributed by atoms with Crippen molar-refractivity contribution in [3.05, 3.63) is 35.9 Å². The zero-order chi connectivity index (χ0) is 11.1. The highest BCUT2D eigenvalue weighted by Gasteiger charge is 2.39. The van der Waals surface area contributed by atoms with Crippen LogP contribution >= 0.6 is 0 Å². The number of benzene rings is 1. The standard InChI is InChI=1S/C14H14O2/c15-10-6-4-9(5-7-10)13-8-14(16)12-3-1-2-11(12)13/h4-8,11-12,15H,1-3H2. The van der Waals surface area contributed by atoms with E-state index >= 15 is 0 Å². The zero-order valence-corrected chi connectivity index (χ0v) is 9.02. The highest BCUT2D eigenvalue weighted by Crippen LogP contribution is 2.46. The van der Waals surface area contributed by atoms with Gasteiger partial charge in [-0.15, -0.1) is 0 Å². The lowest BCUT2D eigenvalue weighted by Crippen LogP contribution is -2.09. The SMILES string of the molecule is O=C1C=C(c2ccc(O)cc2)C2CCCC12. The van der Waals surface area contributed by atoms with Gasteiger partial charge in [0.1, 0.15) is 5.75 Å². The van der Waals surface area contributed by atoms with E-state index in [-0.39, 0.29) is 11.7 Å². The van der Waals surface area contributed by atoms with Crippen molar-refractivity contribution in [3.8, 4) is 5.75 Å². The van der Waals surface area contributed by atoms with Gasteiger partial charge in [0.05, 0.1) is 0 Å². The molecule has 1 fully saturated rings. The van der Waals surface area contributed by atoms with Gasteiger partial charge in [0.15, 0.2) is 5.78 Å². The molecule has 2 aliphatic rings. The molecule has 2 unspecified atom stereocenters. The van der Waals surface area contributed by atoms with Crippen molar-refractivity contribution in [1.82, 2.24) is 0 Å². The molecule has 2 heteroatoms. The van der Waals surface area contributed by atoms with Gasteiger partial charge in [-0.2, -0.15) is 0 Å². The average Bonchev–Trinajstić information content (AvgIpc) is 2.84. The smallest absolute Gasteiger partial charge is 0.159 e. The van der Waals surface area contributed by atoms with Crippen LogP contribution in [0.5, 0.6) is 5.75 Å². The van der Waals surface area contributed by atoms with Crippen molar-refractivity contribution < 1.29 is 9.90 Å². The van der Waals surface area contributed by atoms with Gasteiger partial charge in [0.25, 0.3) is 0 Å². The molecule has 2 aliphatic carbocycles. The predicted octanol–water partition coefficient (Wildman–Crippen LogP) is 2.77. The fraction of sp³-hybridized carbons (Fsp3) is 0.357. The van der Waals surface area contributed by atoms with Gasteiger partial charge in [-0.1, -0.05) is 18.6 Å². The molecular weight excluding hydrogens is 200 g/mol. The van der Waals surface area contributed by atoms with Crippen LogP contribution in [-0.4, -0.2) is 10.9 Å². The van der Waals surface area contributed by atoms with Gasteiger partial charge in [-0.3, -0.25) is 4.79 Å². The summed E-state index contributed by atoms with van der Waals surface area (Å²) >= 11 is 0. The van der Waals surface area contributed by atoms with Crippen molar-refractivity contribution in [2.24, 2.45) is 11.8 Å². The molecule has 0 amide bonds. The molecule has 1 N–H and O–H groups in total.